The zero-order chi connectivity index (χ0) is 17.5. The first-order chi connectivity index (χ1) is 11.6. The molecule has 0 N–H and O–H groups in total. The molecule has 0 atom stereocenters. The van der Waals surface area contributed by atoms with E-state index >= 15 is 0 Å². The van der Waals surface area contributed by atoms with Crippen LogP contribution < -0.4 is 9.47 Å². The molecule has 24 heavy (non-hydrogen) atoms. The zero-order valence-electron chi connectivity index (χ0n) is 13.4. The zero-order valence-corrected chi connectivity index (χ0v) is 15.0. The van der Waals surface area contributed by atoms with Gasteiger partial charge in [-0.3, -0.25) is 4.79 Å². The fourth-order valence-electron chi connectivity index (χ4n) is 2.05. The molecule has 0 radical (unpaired) electrons. The second-order valence-electron chi connectivity index (χ2n) is 4.78. The maximum atomic E-state index is 12.2. The van der Waals surface area contributed by atoms with Gasteiger partial charge in [-0.2, -0.15) is 0 Å². The second-order valence-corrected chi connectivity index (χ2v) is 5.63. The number of carbonyl (C=O) groups excluding carboxylic acids is 2. The van der Waals surface area contributed by atoms with Crippen molar-refractivity contribution in [2.75, 3.05) is 20.3 Å². The van der Waals surface area contributed by atoms with Gasteiger partial charge in [0.05, 0.1) is 18.2 Å². The van der Waals surface area contributed by atoms with Gasteiger partial charge in [-0.05, 0) is 53.2 Å². The lowest BCUT2D eigenvalue weighted by Gasteiger charge is -2.10. The highest BCUT2D eigenvalue weighted by atomic mass is 79.9. The number of ketones is 1. The Morgan fingerprint density at radius 3 is 2.50 bits per heavy atom. The lowest BCUT2D eigenvalue weighted by atomic mass is 10.1. The molecule has 6 heteroatoms. The predicted octanol–water partition coefficient (Wildman–Crippen LogP) is 3.90. The normalized spacial score (nSPS) is 10.1. The Morgan fingerprint density at radius 2 is 1.83 bits per heavy atom. The molecule has 0 amide bonds. The lowest BCUT2D eigenvalue weighted by Crippen LogP contribution is -2.15. The van der Waals surface area contributed by atoms with Gasteiger partial charge in [0.2, 0.25) is 0 Å². The van der Waals surface area contributed by atoms with Crippen LogP contribution in [0.3, 0.4) is 0 Å². The monoisotopic (exact) mass is 392 g/mol. The first-order valence-corrected chi connectivity index (χ1v) is 8.11. The van der Waals surface area contributed by atoms with Crippen LogP contribution in [0.5, 0.6) is 11.5 Å². The molecule has 0 aliphatic heterocycles. The van der Waals surface area contributed by atoms with Crippen LogP contribution in [0.4, 0.5) is 0 Å². The van der Waals surface area contributed by atoms with Gasteiger partial charge in [-0.15, -0.1) is 0 Å². The molecule has 0 saturated carbocycles. The van der Waals surface area contributed by atoms with Crippen molar-refractivity contribution < 1.29 is 23.8 Å². The summed E-state index contributed by atoms with van der Waals surface area (Å²) in [6, 6.07) is 11.7. The van der Waals surface area contributed by atoms with Crippen LogP contribution in [-0.2, 0) is 4.74 Å². The summed E-state index contributed by atoms with van der Waals surface area (Å²) in [6.07, 6.45) is 0. The smallest absolute Gasteiger partial charge is 0.342 e. The van der Waals surface area contributed by atoms with E-state index in [1.54, 1.807) is 49.6 Å². The molecule has 2 rings (SSSR count). The highest BCUT2D eigenvalue weighted by molar-refractivity contribution is 9.10. The number of rotatable bonds is 7. The summed E-state index contributed by atoms with van der Waals surface area (Å²) in [7, 11) is 1.54. The van der Waals surface area contributed by atoms with Crippen LogP contribution in [0, 0.1) is 0 Å². The molecule has 126 valence electrons. The van der Waals surface area contributed by atoms with Crippen molar-refractivity contribution in [3.63, 3.8) is 0 Å². The summed E-state index contributed by atoms with van der Waals surface area (Å²) in [4.78, 5) is 24.3. The number of ether oxygens (including phenoxy) is 3. The number of carbonyl (C=O) groups is 2. The number of hydrogen-bond acceptors (Lipinski definition) is 5. The molecule has 0 aliphatic carbocycles. The molecule has 0 saturated heterocycles. The summed E-state index contributed by atoms with van der Waals surface area (Å²) in [5.41, 5.74) is 0.719. The van der Waals surface area contributed by atoms with E-state index in [4.69, 9.17) is 14.2 Å². The molecule has 0 spiro atoms. The van der Waals surface area contributed by atoms with Crippen molar-refractivity contribution in [3.8, 4) is 11.5 Å². The van der Waals surface area contributed by atoms with Crippen molar-refractivity contribution >= 4 is 27.7 Å². The van der Waals surface area contributed by atoms with E-state index in [-0.39, 0.29) is 12.4 Å². The Kier molecular flexibility index (Phi) is 6.37. The minimum absolute atomic E-state index is 0.295. The van der Waals surface area contributed by atoms with E-state index in [0.29, 0.717) is 33.7 Å². The van der Waals surface area contributed by atoms with Crippen molar-refractivity contribution in [3.05, 3.63) is 58.1 Å². The number of para-hydroxylation sites is 1. The molecular formula is C18H17BrO5. The van der Waals surface area contributed by atoms with Crippen LogP contribution in [-0.4, -0.2) is 32.1 Å². The van der Waals surface area contributed by atoms with E-state index in [2.05, 4.69) is 15.9 Å². The van der Waals surface area contributed by atoms with Crippen molar-refractivity contribution in [2.45, 2.75) is 6.92 Å². The molecule has 0 bridgehead atoms. The van der Waals surface area contributed by atoms with Crippen LogP contribution in [0.2, 0.25) is 0 Å². The number of hydrogen-bond donors (Lipinski definition) is 0. The Hall–Kier alpha value is -2.34. The summed E-state index contributed by atoms with van der Waals surface area (Å²) in [6.45, 7) is 1.91. The minimum atomic E-state index is -0.597. The third-order valence-corrected chi connectivity index (χ3v) is 3.83. The maximum absolute atomic E-state index is 12.2. The Labute approximate surface area is 148 Å². The molecule has 5 nitrogen and oxygen atoms in total. The van der Waals surface area contributed by atoms with Gasteiger partial charge in [0.1, 0.15) is 17.1 Å². The SMILES string of the molecule is CCOc1ccccc1C(=O)OCC(=O)c1ccc(OC)c(Br)c1. The first-order valence-electron chi connectivity index (χ1n) is 7.32. The highest BCUT2D eigenvalue weighted by Gasteiger charge is 2.16. The number of esters is 1. The van der Waals surface area contributed by atoms with Gasteiger partial charge < -0.3 is 14.2 Å². The van der Waals surface area contributed by atoms with Gasteiger partial charge >= 0.3 is 5.97 Å². The summed E-state index contributed by atoms with van der Waals surface area (Å²) in [5, 5.41) is 0. The van der Waals surface area contributed by atoms with E-state index in [9.17, 15) is 9.59 Å². The summed E-state index contributed by atoms with van der Waals surface area (Å²) < 4.78 is 16.3. The molecule has 0 aromatic heterocycles. The molecule has 0 aliphatic rings. The van der Waals surface area contributed by atoms with Crippen LogP contribution in [0.1, 0.15) is 27.6 Å². The Balaban J connectivity index is 2.04. The lowest BCUT2D eigenvalue weighted by molar-refractivity contribution is 0.0471. The standard InChI is InChI=1S/C18H17BrO5/c1-3-23-16-7-5-4-6-13(16)18(21)24-11-15(20)12-8-9-17(22-2)14(19)10-12/h4-10H,3,11H2,1-2H3. The average molecular weight is 393 g/mol. The Bertz CT molecular complexity index is 742. The summed E-state index contributed by atoms with van der Waals surface area (Å²) >= 11 is 3.32. The third-order valence-electron chi connectivity index (χ3n) is 3.21. The van der Waals surface area contributed by atoms with E-state index in [1.807, 2.05) is 6.92 Å². The average Bonchev–Trinajstić information content (AvgIpc) is 2.60. The van der Waals surface area contributed by atoms with Gasteiger partial charge in [0, 0.05) is 5.56 Å². The fraction of sp³-hybridized carbons (Fsp3) is 0.222. The van der Waals surface area contributed by atoms with Crippen LogP contribution in [0.15, 0.2) is 46.9 Å². The van der Waals surface area contributed by atoms with E-state index in [1.165, 1.54) is 0 Å². The topological polar surface area (TPSA) is 61.8 Å². The molecule has 0 unspecified atom stereocenters. The quantitative estimate of drug-likeness (QED) is 0.528. The van der Waals surface area contributed by atoms with Crippen LogP contribution >= 0.6 is 15.9 Å². The molecule has 0 heterocycles. The Morgan fingerprint density at radius 1 is 1.08 bits per heavy atom. The van der Waals surface area contributed by atoms with Gasteiger partial charge in [0.15, 0.2) is 12.4 Å². The molecule has 2 aromatic carbocycles. The second kappa shape index (κ2) is 8.49. The first kappa shape index (κ1) is 18.0. The number of Topliss-reactive ketones (excluding diaryl/α,β-unsaturated/α-hetero) is 1. The number of halogens is 1. The number of benzene rings is 2. The molecule has 2 aromatic rings. The summed E-state index contributed by atoms with van der Waals surface area (Å²) in [5.74, 6) is 0.152. The largest absolute Gasteiger partial charge is 0.496 e. The number of methoxy groups -OCH3 is 1. The van der Waals surface area contributed by atoms with Crippen molar-refractivity contribution in [1.29, 1.82) is 0 Å². The molecule has 0 fully saturated rings. The van der Waals surface area contributed by atoms with Crippen LogP contribution in [0.25, 0.3) is 0 Å². The molecular weight excluding hydrogens is 376 g/mol. The fourth-order valence-corrected chi connectivity index (χ4v) is 2.59. The minimum Gasteiger partial charge on any atom is -0.496 e. The van der Waals surface area contributed by atoms with E-state index < -0.39 is 5.97 Å². The maximum Gasteiger partial charge on any atom is 0.342 e. The third kappa shape index (κ3) is 4.35. The highest BCUT2D eigenvalue weighted by Crippen LogP contribution is 2.26. The van der Waals surface area contributed by atoms with Gasteiger partial charge in [-0.25, -0.2) is 4.79 Å². The predicted molar refractivity (Wildman–Crippen MR) is 92.9 cm³/mol. The van der Waals surface area contributed by atoms with E-state index in [0.717, 1.165) is 0 Å². The van der Waals surface area contributed by atoms with Crippen molar-refractivity contribution in [1.82, 2.24) is 0 Å². The van der Waals surface area contributed by atoms with Gasteiger partial charge in [-0.1, -0.05) is 12.1 Å². The van der Waals surface area contributed by atoms with Gasteiger partial charge in [0.25, 0.3) is 0 Å². The van der Waals surface area contributed by atoms with Crippen molar-refractivity contribution in [2.24, 2.45) is 0 Å².